The lowest BCUT2D eigenvalue weighted by Gasteiger charge is -2.35. The number of ether oxygens (including phenoxy) is 1. The maximum atomic E-state index is 6.33. The lowest BCUT2D eigenvalue weighted by Crippen LogP contribution is -2.70. The van der Waals surface area contributed by atoms with E-state index in [-0.39, 0.29) is 5.82 Å². The second kappa shape index (κ2) is 14.9. The lowest BCUT2D eigenvalue weighted by molar-refractivity contribution is 0.306. The average molecular weight is 605 g/mol. The Morgan fingerprint density at radius 1 is 0.667 bits per heavy atom. The molecule has 224 valence electrons. The summed E-state index contributed by atoms with van der Waals surface area (Å²) in [4.78, 5) is 5.01. The van der Waals surface area contributed by atoms with Crippen LogP contribution in [0.5, 0.6) is 5.75 Å². The second-order valence-electron chi connectivity index (χ2n) is 11.8. The van der Waals surface area contributed by atoms with Crippen LogP contribution in [0.4, 0.5) is 0 Å². The summed E-state index contributed by atoms with van der Waals surface area (Å²) in [6.07, 6.45) is 8.44. The van der Waals surface area contributed by atoms with E-state index in [2.05, 4.69) is 163 Å². The Morgan fingerprint density at radius 3 is 1.80 bits per heavy atom. The smallest absolute Gasteiger partial charge is 0.217 e. The van der Waals surface area contributed by atoms with Gasteiger partial charge in [0.2, 0.25) is 7.28 Å². The van der Waals surface area contributed by atoms with Crippen molar-refractivity contribution >= 4 is 36.6 Å². The molecule has 1 heterocycles. The summed E-state index contributed by atoms with van der Waals surface area (Å²) < 4.78 is 8.76. The second-order valence-corrected chi connectivity index (χ2v) is 15.6. The van der Waals surface area contributed by atoms with Crippen LogP contribution in [0.15, 0.2) is 158 Å². The zero-order valence-corrected chi connectivity index (χ0v) is 27.1. The van der Waals surface area contributed by atoms with Gasteiger partial charge in [0, 0.05) is 18.6 Å². The molecule has 0 aliphatic carbocycles. The molecule has 0 spiro atoms. The predicted molar refractivity (Wildman–Crippen MR) is 193 cm³/mol. The molecule has 6 aromatic rings. The maximum absolute atomic E-state index is 6.33. The van der Waals surface area contributed by atoms with Crippen molar-refractivity contribution in [3.8, 4) is 5.75 Å². The van der Waals surface area contributed by atoms with E-state index >= 15 is 0 Å². The number of rotatable bonds is 14. The Balaban J connectivity index is 1.45. The van der Waals surface area contributed by atoms with Crippen molar-refractivity contribution in [2.75, 3.05) is 6.61 Å². The summed E-state index contributed by atoms with van der Waals surface area (Å²) in [7, 11) is -1.80. The molecule has 5 aromatic carbocycles. The first-order valence-electron chi connectivity index (χ1n) is 16.2. The van der Waals surface area contributed by atoms with E-state index in [1.54, 1.807) is 0 Å². The molecule has 0 atom stereocenters. The Morgan fingerprint density at radius 2 is 1.22 bits per heavy atom. The van der Waals surface area contributed by atoms with Gasteiger partial charge < -0.3 is 9.30 Å². The highest BCUT2D eigenvalue weighted by Crippen LogP contribution is 2.23. The molecule has 0 fully saturated rings. The number of imidazole rings is 1. The molecule has 0 amide bonds. The predicted octanol–water partition coefficient (Wildman–Crippen LogP) is 6.01. The Labute approximate surface area is 269 Å². The highest BCUT2D eigenvalue weighted by atomic mass is 28.3. The van der Waals surface area contributed by atoms with Gasteiger partial charge in [-0.05, 0) is 51.1 Å². The quantitative estimate of drug-likeness (QED) is 0.0865. The van der Waals surface area contributed by atoms with Crippen LogP contribution in [-0.2, 0) is 6.17 Å². The van der Waals surface area contributed by atoms with Gasteiger partial charge in [0.05, 0.1) is 12.3 Å². The first kappa shape index (κ1) is 30.4. The van der Waals surface area contributed by atoms with Crippen molar-refractivity contribution in [2.24, 2.45) is 0 Å². The molecule has 1 aromatic heterocycles. The van der Waals surface area contributed by atoms with Crippen molar-refractivity contribution in [2.45, 2.75) is 38.2 Å². The summed E-state index contributed by atoms with van der Waals surface area (Å²) in [6.45, 7) is 2.97. The monoisotopic (exact) mass is 604 g/mol. The van der Waals surface area contributed by atoms with Crippen molar-refractivity contribution in [3.63, 3.8) is 0 Å². The molecule has 0 radical (unpaired) electrons. The zero-order chi connectivity index (χ0) is 30.7. The maximum Gasteiger partial charge on any atom is 0.217 e. The Kier molecular flexibility index (Phi) is 10.1. The molecular formula is C40H41BN2OSi. The minimum Gasteiger partial charge on any atom is -0.494 e. The van der Waals surface area contributed by atoms with Gasteiger partial charge in [0.1, 0.15) is 5.75 Å². The van der Waals surface area contributed by atoms with E-state index in [1.165, 1.54) is 39.5 Å². The van der Waals surface area contributed by atoms with Gasteiger partial charge in [-0.15, -0.1) is 0 Å². The van der Waals surface area contributed by atoms with Crippen LogP contribution in [-0.4, -0.2) is 31.5 Å². The number of aromatic nitrogens is 2. The van der Waals surface area contributed by atoms with Gasteiger partial charge in [-0.3, -0.25) is 4.98 Å². The highest BCUT2D eigenvalue weighted by molar-refractivity contribution is 7.10. The van der Waals surface area contributed by atoms with Crippen LogP contribution in [0, 0.1) is 0 Å². The fraction of sp³-hybridized carbons (Fsp3) is 0.175. The van der Waals surface area contributed by atoms with E-state index in [9.17, 15) is 0 Å². The normalized spacial score (nSPS) is 11.4. The van der Waals surface area contributed by atoms with Crippen LogP contribution in [0.2, 0.25) is 0 Å². The third-order valence-corrected chi connectivity index (χ3v) is 13.6. The molecule has 6 rings (SSSR count). The summed E-state index contributed by atoms with van der Waals surface area (Å²) in [5.74, 6) is 1.16. The minimum absolute atomic E-state index is 0.206. The van der Waals surface area contributed by atoms with Crippen LogP contribution >= 0.6 is 0 Å². The minimum atomic E-state index is -2.61. The third-order valence-electron chi connectivity index (χ3n) is 8.88. The van der Waals surface area contributed by atoms with Gasteiger partial charge in [0.25, 0.3) is 0 Å². The summed E-state index contributed by atoms with van der Waals surface area (Å²) in [6, 6.07) is 52.8. The van der Waals surface area contributed by atoms with Gasteiger partial charge in [-0.25, -0.2) is 0 Å². The fourth-order valence-corrected chi connectivity index (χ4v) is 11.2. The van der Waals surface area contributed by atoms with E-state index in [1.807, 2.05) is 6.20 Å². The standard InChI is InChI=1S/C40H41BN2OSi/c1-2-3-16-30-44-35-22-17-27-38(31-35)45(36-23-12-6-13-24-36,37-25-14-7-15-26-37)32-43-29-28-42-40(43)41-39(33-18-8-4-9-19-33)34-20-10-5-11-21-34/h4-15,17-29,31,39,41H,2-3,16,30,32H2,1H3. The van der Waals surface area contributed by atoms with E-state index in [4.69, 9.17) is 9.72 Å². The molecule has 45 heavy (non-hydrogen) atoms. The van der Waals surface area contributed by atoms with Crippen molar-refractivity contribution < 1.29 is 4.74 Å². The van der Waals surface area contributed by atoms with Gasteiger partial charge >= 0.3 is 0 Å². The molecule has 0 unspecified atom stereocenters. The van der Waals surface area contributed by atoms with Gasteiger partial charge in [0.15, 0.2) is 8.07 Å². The molecule has 0 N–H and O–H groups in total. The number of unbranched alkanes of at least 4 members (excludes halogenated alkanes) is 2. The molecular weight excluding hydrogens is 563 g/mol. The Hall–Kier alpha value is -4.61. The lowest BCUT2D eigenvalue weighted by atomic mass is 9.58. The van der Waals surface area contributed by atoms with Crippen LogP contribution in [0.3, 0.4) is 0 Å². The Bertz CT molecular complexity index is 1660. The molecule has 0 aliphatic heterocycles. The first-order chi connectivity index (χ1) is 22.3. The highest BCUT2D eigenvalue weighted by Gasteiger charge is 2.40. The van der Waals surface area contributed by atoms with E-state index < -0.39 is 8.07 Å². The fourth-order valence-electron chi connectivity index (χ4n) is 6.52. The van der Waals surface area contributed by atoms with E-state index in [0.717, 1.165) is 37.9 Å². The zero-order valence-electron chi connectivity index (χ0n) is 26.1. The molecule has 0 aliphatic rings. The topological polar surface area (TPSA) is 27.1 Å². The summed E-state index contributed by atoms with van der Waals surface area (Å²) in [5.41, 5.74) is 3.71. The molecule has 5 heteroatoms. The molecule has 0 saturated heterocycles. The number of benzene rings is 5. The molecule has 0 saturated carbocycles. The third kappa shape index (κ3) is 7.05. The average Bonchev–Trinajstić information content (AvgIpc) is 3.56. The van der Waals surface area contributed by atoms with Gasteiger partial charge in [-0.2, -0.15) is 0 Å². The van der Waals surface area contributed by atoms with Crippen molar-refractivity contribution in [1.82, 2.24) is 9.55 Å². The van der Waals surface area contributed by atoms with Crippen molar-refractivity contribution in [3.05, 3.63) is 169 Å². The number of nitrogens with zero attached hydrogens (tertiary/aromatic N) is 2. The molecule has 3 nitrogen and oxygen atoms in total. The van der Waals surface area contributed by atoms with Crippen molar-refractivity contribution in [1.29, 1.82) is 0 Å². The van der Waals surface area contributed by atoms with Crippen LogP contribution in [0.1, 0.15) is 43.1 Å². The number of hydrogen-bond acceptors (Lipinski definition) is 2. The van der Waals surface area contributed by atoms with Crippen LogP contribution < -0.4 is 26.0 Å². The van der Waals surface area contributed by atoms with E-state index in [0.29, 0.717) is 0 Å². The molecule has 0 bridgehead atoms. The largest absolute Gasteiger partial charge is 0.494 e. The number of hydrogen-bond donors (Lipinski definition) is 0. The van der Waals surface area contributed by atoms with Crippen LogP contribution in [0.25, 0.3) is 0 Å². The SMILES string of the molecule is CCCCCOc1cccc([Si](Cn2ccnc2BC(c2ccccc2)c2ccccc2)(c2ccccc2)c2ccccc2)c1. The summed E-state index contributed by atoms with van der Waals surface area (Å²) >= 11 is 0. The first-order valence-corrected chi connectivity index (χ1v) is 18.4. The van der Waals surface area contributed by atoms with Gasteiger partial charge in [-0.1, -0.05) is 153 Å². The summed E-state index contributed by atoms with van der Waals surface area (Å²) in [5, 5.41) is 4.10.